The van der Waals surface area contributed by atoms with Gasteiger partial charge in [0.2, 0.25) is 10.0 Å². The van der Waals surface area contributed by atoms with Crippen molar-refractivity contribution in [1.82, 2.24) is 8.87 Å². The number of hydrogen-bond acceptors (Lipinski definition) is 4. The number of aromatic nitrogens is 1. The Bertz CT molecular complexity index is 791. The highest BCUT2D eigenvalue weighted by molar-refractivity contribution is 7.89. The molecule has 0 saturated carbocycles. The van der Waals surface area contributed by atoms with E-state index in [1.807, 2.05) is 0 Å². The molecule has 2 rings (SSSR count). The van der Waals surface area contributed by atoms with Crippen LogP contribution in [0, 0.1) is 0 Å². The van der Waals surface area contributed by atoms with Crippen LogP contribution in [0.5, 0.6) is 0 Å². The first-order valence-corrected chi connectivity index (χ1v) is 7.93. The summed E-state index contributed by atoms with van der Waals surface area (Å²) < 4.78 is 32.9. The van der Waals surface area contributed by atoms with Crippen LogP contribution in [0.15, 0.2) is 29.2 Å². The van der Waals surface area contributed by atoms with Crippen molar-refractivity contribution in [1.29, 1.82) is 0 Å². The zero-order valence-corrected chi connectivity index (χ0v) is 13.3. The number of carbonyl (C=O) groups is 1. The maximum atomic E-state index is 12.6. The minimum absolute atomic E-state index is 0.0101. The highest BCUT2D eigenvalue weighted by Gasteiger charge is 2.32. The molecule has 2 aromatic rings. The Labute approximate surface area is 124 Å². The maximum Gasteiger partial charge on any atom is 0.356 e. The van der Waals surface area contributed by atoms with Crippen molar-refractivity contribution in [2.24, 2.45) is 7.05 Å². The molecule has 21 heavy (non-hydrogen) atoms. The number of benzene rings is 1. The van der Waals surface area contributed by atoms with Gasteiger partial charge in [-0.3, -0.25) is 0 Å². The number of ether oxygens (including phenoxy) is 1. The highest BCUT2D eigenvalue weighted by atomic mass is 32.2. The molecule has 114 valence electrons. The van der Waals surface area contributed by atoms with Crippen LogP contribution in [0.4, 0.5) is 0 Å². The van der Waals surface area contributed by atoms with E-state index in [-0.39, 0.29) is 17.2 Å². The molecule has 0 aliphatic heterocycles. The van der Waals surface area contributed by atoms with Crippen molar-refractivity contribution in [3.63, 3.8) is 0 Å². The maximum absolute atomic E-state index is 12.6. The molecule has 0 amide bonds. The van der Waals surface area contributed by atoms with Crippen molar-refractivity contribution in [3.05, 3.63) is 30.0 Å². The molecule has 0 bridgehead atoms. The number of nitrogens with zero attached hydrogens (tertiary/aromatic N) is 2. The molecule has 0 saturated heterocycles. The molecule has 0 unspecified atom stereocenters. The van der Waals surface area contributed by atoms with Gasteiger partial charge in [0.25, 0.3) is 0 Å². The second-order valence-electron chi connectivity index (χ2n) is 4.76. The average molecular weight is 310 g/mol. The van der Waals surface area contributed by atoms with Crippen LogP contribution < -0.4 is 0 Å². The summed E-state index contributed by atoms with van der Waals surface area (Å²) in [7, 11) is 0.764. The molecule has 1 aromatic heterocycles. The molecule has 6 nitrogen and oxygen atoms in total. The second-order valence-corrected chi connectivity index (χ2v) is 6.85. The number of aryl methyl sites for hydroxylation is 1. The minimum Gasteiger partial charge on any atom is -0.461 e. The third-order valence-corrected chi connectivity index (χ3v) is 5.16. The fourth-order valence-electron chi connectivity index (χ4n) is 2.23. The first-order chi connectivity index (χ1) is 9.82. The predicted octanol–water partition coefficient (Wildman–Crippen LogP) is 1.61. The van der Waals surface area contributed by atoms with Gasteiger partial charge in [0.15, 0.2) is 0 Å². The van der Waals surface area contributed by atoms with Crippen LogP contribution >= 0.6 is 0 Å². The van der Waals surface area contributed by atoms with Gasteiger partial charge in [-0.1, -0.05) is 18.2 Å². The first-order valence-electron chi connectivity index (χ1n) is 6.49. The summed E-state index contributed by atoms with van der Waals surface area (Å²) in [6.07, 6.45) is 0. The molecule has 0 aliphatic rings. The van der Waals surface area contributed by atoms with Gasteiger partial charge < -0.3 is 9.30 Å². The summed E-state index contributed by atoms with van der Waals surface area (Å²) >= 11 is 0. The fraction of sp³-hybridized carbons (Fsp3) is 0.357. The number of esters is 1. The van der Waals surface area contributed by atoms with Gasteiger partial charge in [-0.25, -0.2) is 17.5 Å². The topological polar surface area (TPSA) is 68.6 Å². The van der Waals surface area contributed by atoms with Crippen LogP contribution in [0.3, 0.4) is 0 Å². The summed E-state index contributed by atoms with van der Waals surface area (Å²) in [6.45, 7) is 1.86. The van der Waals surface area contributed by atoms with Crippen molar-refractivity contribution in [2.45, 2.75) is 11.8 Å². The van der Waals surface area contributed by atoms with Gasteiger partial charge in [-0.15, -0.1) is 0 Å². The lowest BCUT2D eigenvalue weighted by molar-refractivity contribution is 0.0511. The average Bonchev–Trinajstić information content (AvgIpc) is 2.73. The van der Waals surface area contributed by atoms with Gasteiger partial charge in [0.1, 0.15) is 10.6 Å². The first kappa shape index (κ1) is 15.5. The SMILES string of the molecule is CCOC(=O)c1c(S(=O)(=O)N(C)C)c2ccccc2n1C. The van der Waals surface area contributed by atoms with Gasteiger partial charge >= 0.3 is 5.97 Å². The lowest BCUT2D eigenvalue weighted by Gasteiger charge is -2.12. The van der Waals surface area contributed by atoms with Crippen LogP contribution in [-0.4, -0.2) is 44.0 Å². The van der Waals surface area contributed by atoms with Gasteiger partial charge in [-0.2, -0.15) is 0 Å². The fourth-order valence-corrected chi connectivity index (χ4v) is 3.51. The molecule has 0 N–H and O–H groups in total. The second kappa shape index (κ2) is 5.50. The number of carbonyl (C=O) groups excluding carboxylic acids is 1. The van der Waals surface area contributed by atoms with Gasteiger partial charge in [0.05, 0.1) is 6.61 Å². The van der Waals surface area contributed by atoms with Crippen molar-refractivity contribution >= 4 is 26.9 Å². The molecule has 0 aliphatic carbocycles. The summed E-state index contributed by atoms with van der Waals surface area (Å²) in [4.78, 5) is 12.2. The third kappa shape index (κ3) is 2.43. The normalized spacial score (nSPS) is 12.0. The third-order valence-electron chi connectivity index (χ3n) is 3.27. The van der Waals surface area contributed by atoms with Crippen molar-refractivity contribution in [3.8, 4) is 0 Å². The van der Waals surface area contributed by atoms with Crippen LogP contribution in [-0.2, 0) is 21.8 Å². The smallest absolute Gasteiger partial charge is 0.356 e. The quantitative estimate of drug-likeness (QED) is 0.805. The molecular weight excluding hydrogens is 292 g/mol. The molecule has 0 spiro atoms. The Hall–Kier alpha value is -1.86. The van der Waals surface area contributed by atoms with Crippen LogP contribution in [0.25, 0.3) is 10.9 Å². The standard InChI is InChI=1S/C14H18N2O4S/c1-5-20-14(17)12-13(21(18,19)15(2)3)10-8-6-7-9-11(10)16(12)4/h6-9H,5H2,1-4H3. The molecule has 1 aromatic carbocycles. The number of sulfonamides is 1. The molecule has 1 heterocycles. The zero-order chi connectivity index (χ0) is 15.8. The van der Waals surface area contributed by atoms with Gasteiger partial charge in [-0.05, 0) is 13.0 Å². The predicted molar refractivity (Wildman–Crippen MR) is 79.7 cm³/mol. The van der Waals surface area contributed by atoms with E-state index in [1.54, 1.807) is 42.8 Å². The lowest BCUT2D eigenvalue weighted by Crippen LogP contribution is -2.25. The van der Waals surface area contributed by atoms with E-state index in [0.29, 0.717) is 10.9 Å². The van der Waals surface area contributed by atoms with E-state index in [0.717, 1.165) is 4.31 Å². The summed E-state index contributed by atoms with van der Waals surface area (Å²) in [5.41, 5.74) is 0.715. The Morgan fingerprint density at radius 3 is 2.48 bits per heavy atom. The molecular formula is C14H18N2O4S. The van der Waals surface area contributed by atoms with Crippen molar-refractivity contribution in [2.75, 3.05) is 20.7 Å². The largest absolute Gasteiger partial charge is 0.461 e. The molecule has 0 atom stereocenters. The number of para-hydroxylation sites is 1. The van der Waals surface area contributed by atoms with E-state index >= 15 is 0 Å². The van der Waals surface area contributed by atoms with E-state index in [4.69, 9.17) is 4.74 Å². The Kier molecular flexibility index (Phi) is 4.06. The number of hydrogen-bond donors (Lipinski definition) is 0. The summed E-state index contributed by atoms with van der Waals surface area (Å²) in [5.74, 6) is -0.642. The van der Waals surface area contributed by atoms with E-state index in [9.17, 15) is 13.2 Å². The Morgan fingerprint density at radius 2 is 1.90 bits per heavy atom. The molecule has 0 radical (unpaired) electrons. The monoisotopic (exact) mass is 310 g/mol. The Morgan fingerprint density at radius 1 is 1.29 bits per heavy atom. The lowest BCUT2D eigenvalue weighted by atomic mass is 10.2. The zero-order valence-electron chi connectivity index (χ0n) is 12.5. The summed E-state index contributed by atoms with van der Waals surface area (Å²) in [5, 5.41) is 0.511. The van der Waals surface area contributed by atoms with Crippen LogP contribution in [0.2, 0.25) is 0 Å². The summed E-state index contributed by atoms with van der Waals surface area (Å²) in [6, 6.07) is 7.00. The number of fused-ring (bicyclic) bond motifs is 1. The number of rotatable bonds is 4. The van der Waals surface area contributed by atoms with E-state index in [2.05, 4.69) is 0 Å². The van der Waals surface area contributed by atoms with E-state index in [1.165, 1.54) is 14.1 Å². The van der Waals surface area contributed by atoms with Gasteiger partial charge in [0, 0.05) is 32.0 Å². The van der Waals surface area contributed by atoms with Crippen LogP contribution in [0.1, 0.15) is 17.4 Å². The Balaban J connectivity index is 2.90. The molecule has 7 heteroatoms. The van der Waals surface area contributed by atoms with Crippen molar-refractivity contribution < 1.29 is 17.9 Å². The minimum atomic E-state index is -3.76. The molecule has 0 fully saturated rings. The highest BCUT2D eigenvalue weighted by Crippen LogP contribution is 2.31. The van der Waals surface area contributed by atoms with E-state index < -0.39 is 16.0 Å².